The van der Waals surface area contributed by atoms with E-state index in [1.54, 1.807) is 47.3 Å². The molecule has 7 rings (SSSR count). The Balaban J connectivity index is 1.35. The van der Waals surface area contributed by atoms with Crippen LogP contribution in [0.3, 0.4) is 0 Å². The summed E-state index contributed by atoms with van der Waals surface area (Å²) in [6.45, 7) is -2.99. The Labute approximate surface area is 216 Å². The van der Waals surface area contributed by atoms with E-state index in [9.17, 15) is 18.7 Å². The second kappa shape index (κ2) is 8.26. The average Bonchev–Trinajstić information content (AvgIpc) is 3.41. The highest BCUT2D eigenvalue weighted by atomic mass is 19.3. The van der Waals surface area contributed by atoms with Crippen LogP contribution in [0.15, 0.2) is 43.0 Å². The van der Waals surface area contributed by atoms with Crippen LogP contribution in [0, 0.1) is 0 Å². The smallest absolute Gasteiger partial charge is 0.387 e. The van der Waals surface area contributed by atoms with Crippen LogP contribution in [0.5, 0.6) is 5.75 Å². The fourth-order valence-corrected chi connectivity index (χ4v) is 6.22. The van der Waals surface area contributed by atoms with E-state index < -0.39 is 6.61 Å². The lowest BCUT2D eigenvalue weighted by molar-refractivity contribution is -0.0505. The number of benzene rings is 1. The van der Waals surface area contributed by atoms with E-state index in [1.807, 2.05) is 6.07 Å². The Hall–Kier alpha value is -3.99. The van der Waals surface area contributed by atoms with Gasteiger partial charge in [-0.25, -0.2) is 19.5 Å². The fourth-order valence-electron chi connectivity index (χ4n) is 6.22. The molecule has 194 valence electrons. The maximum atomic E-state index is 13.3. The molecule has 2 unspecified atom stereocenters. The second-order valence-electron chi connectivity index (χ2n) is 10.3. The summed E-state index contributed by atoms with van der Waals surface area (Å²) in [7, 11) is 1.71. The zero-order valence-electron chi connectivity index (χ0n) is 20.5. The number of ether oxygens (including phenoxy) is 1. The summed E-state index contributed by atoms with van der Waals surface area (Å²) < 4.78 is 33.2. The van der Waals surface area contributed by atoms with Crippen LogP contribution < -0.4 is 4.74 Å². The lowest BCUT2D eigenvalue weighted by Crippen LogP contribution is -2.39. The van der Waals surface area contributed by atoms with Crippen molar-refractivity contribution in [3.63, 3.8) is 0 Å². The van der Waals surface area contributed by atoms with Crippen molar-refractivity contribution in [2.75, 3.05) is 13.7 Å². The third-order valence-electron chi connectivity index (χ3n) is 8.40. The van der Waals surface area contributed by atoms with E-state index in [-0.39, 0.29) is 35.6 Å². The van der Waals surface area contributed by atoms with Gasteiger partial charge in [-0.15, -0.1) is 0 Å². The topological polar surface area (TPSA) is 106 Å². The molecule has 0 spiro atoms. The highest BCUT2D eigenvalue weighted by Crippen LogP contribution is 2.53. The van der Waals surface area contributed by atoms with Crippen molar-refractivity contribution >= 4 is 11.4 Å². The monoisotopic (exact) mass is 518 g/mol. The van der Waals surface area contributed by atoms with Gasteiger partial charge in [0.05, 0.1) is 35.0 Å². The van der Waals surface area contributed by atoms with Crippen molar-refractivity contribution in [3.8, 4) is 17.0 Å². The Morgan fingerprint density at radius 3 is 2.66 bits per heavy atom. The van der Waals surface area contributed by atoms with Gasteiger partial charge in [-0.2, -0.15) is 13.9 Å². The van der Waals surface area contributed by atoms with Gasteiger partial charge in [0.2, 0.25) is 0 Å². The molecule has 1 N–H and O–H groups in total. The first-order valence-corrected chi connectivity index (χ1v) is 12.6. The first-order chi connectivity index (χ1) is 18.4. The van der Waals surface area contributed by atoms with E-state index in [2.05, 4.69) is 15.0 Å². The predicted octanol–water partition coefficient (Wildman–Crippen LogP) is 3.86. The molecular weight excluding hydrogens is 494 g/mol. The summed E-state index contributed by atoms with van der Waals surface area (Å²) in [6.07, 6.45) is 8.34. The van der Waals surface area contributed by atoms with Gasteiger partial charge in [0.15, 0.2) is 0 Å². The molecule has 1 fully saturated rings. The van der Waals surface area contributed by atoms with Crippen LogP contribution in [-0.2, 0) is 5.41 Å². The first kappa shape index (κ1) is 23.2. The molecule has 0 radical (unpaired) electrons. The van der Waals surface area contributed by atoms with Gasteiger partial charge in [0.1, 0.15) is 17.9 Å². The molecular formula is C27H24F2N6O3. The lowest BCUT2D eigenvalue weighted by Gasteiger charge is -2.38. The molecule has 1 aliphatic heterocycles. The molecule has 11 heteroatoms. The van der Waals surface area contributed by atoms with Crippen molar-refractivity contribution in [2.24, 2.45) is 0 Å². The number of halogens is 2. The predicted molar refractivity (Wildman–Crippen MR) is 131 cm³/mol. The molecule has 38 heavy (non-hydrogen) atoms. The number of hydrogen-bond donors (Lipinski definition) is 1. The van der Waals surface area contributed by atoms with Crippen molar-refractivity contribution in [3.05, 3.63) is 71.2 Å². The molecule has 4 aromatic rings. The third-order valence-corrected chi connectivity index (χ3v) is 8.40. The minimum Gasteiger partial charge on any atom is -0.434 e. The van der Waals surface area contributed by atoms with Gasteiger partial charge >= 0.3 is 6.61 Å². The minimum absolute atomic E-state index is 0.00387. The van der Waals surface area contributed by atoms with Gasteiger partial charge in [-0.3, -0.25) is 4.79 Å². The van der Waals surface area contributed by atoms with Crippen molar-refractivity contribution < 1.29 is 23.4 Å². The Kier molecular flexibility index (Phi) is 5.03. The van der Waals surface area contributed by atoms with Crippen LogP contribution in [0.25, 0.3) is 16.8 Å². The molecule has 3 aliphatic rings. The largest absolute Gasteiger partial charge is 0.434 e. The summed E-state index contributed by atoms with van der Waals surface area (Å²) in [5, 5.41) is 14.6. The number of amides is 1. The molecule has 4 heterocycles. The number of carbonyl (C=O) groups excluding carboxylic acids is 1. The lowest BCUT2D eigenvalue weighted by atomic mass is 9.69. The number of hydrogen-bond acceptors (Lipinski definition) is 7. The highest BCUT2D eigenvalue weighted by molar-refractivity contribution is 5.98. The van der Waals surface area contributed by atoms with Crippen LogP contribution >= 0.6 is 0 Å². The van der Waals surface area contributed by atoms with Crippen LogP contribution in [0.1, 0.15) is 70.6 Å². The molecule has 3 aromatic heterocycles. The Bertz CT molecular complexity index is 1580. The van der Waals surface area contributed by atoms with E-state index in [1.165, 1.54) is 6.07 Å². The molecule has 0 saturated heterocycles. The number of aromatic nitrogens is 5. The number of aliphatic hydroxyl groups excluding tert-OH is 1. The van der Waals surface area contributed by atoms with E-state index in [0.29, 0.717) is 34.6 Å². The number of nitrogens with zero attached hydrogens (tertiary/aromatic N) is 6. The Morgan fingerprint density at radius 1 is 1.18 bits per heavy atom. The first-order valence-electron chi connectivity index (χ1n) is 12.6. The van der Waals surface area contributed by atoms with Crippen LogP contribution in [-0.4, -0.2) is 60.7 Å². The maximum absolute atomic E-state index is 13.3. The van der Waals surface area contributed by atoms with E-state index >= 15 is 0 Å². The maximum Gasteiger partial charge on any atom is 0.387 e. The zero-order valence-corrected chi connectivity index (χ0v) is 20.5. The molecule has 2 atom stereocenters. The third kappa shape index (κ3) is 3.20. The quantitative estimate of drug-likeness (QED) is 0.428. The van der Waals surface area contributed by atoms with Gasteiger partial charge in [-0.1, -0.05) is 12.5 Å². The average molecular weight is 519 g/mol. The summed E-state index contributed by atoms with van der Waals surface area (Å²) in [4.78, 5) is 28.6. The van der Waals surface area contributed by atoms with Gasteiger partial charge < -0.3 is 14.7 Å². The Morgan fingerprint density at radius 2 is 1.97 bits per heavy atom. The molecule has 2 bridgehead atoms. The number of fused-ring (bicyclic) bond motifs is 9. The van der Waals surface area contributed by atoms with E-state index in [0.717, 1.165) is 36.0 Å². The highest BCUT2D eigenvalue weighted by Gasteiger charge is 2.46. The number of aliphatic hydroxyl groups is 1. The fraction of sp³-hybridized carbons (Fsp3) is 0.370. The number of carbonyl (C=O) groups is 1. The van der Waals surface area contributed by atoms with Crippen molar-refractivity contribution in [2.45, 2.75) is 49.7 Å². The minimum atomic E-state index is -3.01. The number of rotatable bonds is 5. The number of alkyl halides is 2. The zero-order chi connectivity index (χ0) is 26.2. The second-order valence-corrected chi connectivity index (χ2v) is 10.3. The van der Waals surface area contributed by atoms with Gasteiger partial charge in [0, 0.05) is 47.6 Å². The van der Waals surface area contributed by atoms with Crippen molar-refractivity contribution in [1.82, 2.24) is 29.5 Å². The molecule has 1 saturated carbocycles. The molecule has 1 aromatic carbocycles. The van der Waals surface area contributed by atoms with E-state index in [4.69, 9.17) is 9.84 Å². The standard InChI is InChI=1S/C27H24F2N6O3/c1-34-19-8-16(21-15(24(34)37)4-2-5-20(21)38-26(28)29)22-18-9-17(32-13-35(18)33-23(19)22)14-10-30-25(31-11-14)27(12-36)6-3-7-27/h2,4-5,9-11,13,16,19,26,36H,3,6-8,12H2,1H3. The molecule has 9 nitrogen and oxygen atoms in total. The van der Waals surface area contributed by atoms with Crippen LogP contribution in [0.2, 0.25) is 0 Å². The molecule has 2 aliphatic carbocycles. The van der Waals surface area contributed by atoms with Crippen LogP contribution in [0.4, 0.5) is 8.78 Å². The van der Waals surface area contributed by atoms with Gasteiger partial charge in [0.25, 0.3) is 5.91 Å². The normalized spacial score (nSPS) is 21.3. The SMILES string of the molecule is CN1C(=O)c2cccc(OC(F)F)c2C2CC1c1nn3cnc(-c4cnc(C5(CO)CCC5)nc4)cc3c12. The van der Waals surface area contributed by atoms with Crippen molar-refractivity contribution in [1.29, 1.82) is 0 Å². The summed E-state index contributed by atoms with van der Waals surface area (Å²) in [5.74, 6) is 0.0350. The van der Waals surface area contributed by atoms with Gasteiger partial charge in [-0.05, 0) is 37.5 Å². The molecule has 1 amide bonds. The summed E-state index contributed by atoms with van der Waals surface area (Å²) >= 11 is 0. The summed E-state index contributed by atoms with van der Waals surface area (Å²) in [6, 6.07) is 6.29. The summed E-state index contributed by atoms with van der Waals surface area (Å²) in [5.41, 5.74) is 4.18.